The number of ether oxygens (including phenoxy) is 1. The molecule has 4 bridgehead atoms. The number of allylic oxidation sites excluding steroid dienone is 4. The molecule has 1 unspecified atom stereocenters. The lowest BCUT2D eigenvalue weighted by Gasteiger charge is -2.71. The van der Waals surface area contributed by atoms with Gasteiger partial charge in [-0.15, -0.1) is 0 Å². The Labute approximate surface area is 344 Å². The van der Waals surface area contributed by atoms with Crippen LogP contribution in [0.25, 0.3) is 11.3 Å². The number of rotatable bonds is 8. The summed E-state index contributed by atoms with van der Waals surface area (Å²) < 4.78 is 53.0. The number of nitrogens with zero attached hydrogens (tertiary/aromatic N) is 1. The lowest BCUT2D eigenvalue weighted by molar-refractivity contribution is -0.177. The number of furan rings is 1. The van der Waals surface area contributed by atoms with Gasteiger partial charge < -0.3 is 24.3 Å². The predicted octanol–water partition coefficient (Wildman–Crippen LogP) is 10.9. The van der Waals surface area contributed by atoms with Crippen LogP contribution < -0.4 is 0 Å². The molecule has 11 heteroatoms. The summed E-state index contributed by atoms with van der Waals surface area (Å²) in [7, 11) is 0. The van der Waals surface area contributed by atoms with Gasteiger partial charge in [0.25, 0.3) is 0 Å². The van der Waals surface area contributed by atoms with Crippen molar-refractivity contribution in [2.24, 2.45) is 56.7 Å². The van der Waals surface area contributed by atoms with E-state index in [-0.39, 0.29) is 63.7 Å². The first-order chi connectivity index (χ1) is 27.2. The van der Waals surface area contributed by atoms with E-state index in [1.54, 1.807) is 4.90 Å². The molecule has 1 heterocycles. The van der Waals surface area contributed by atoms with E-state index in [0.717, 1.165) is 43.7 Å². The number of hydrogen-bond acceptors (Lipinski definition) is 6. The summed E-state index contributed by atoms with van der Waals surface area (Å²) in [6, 6.07) is 6.04. The Kier molecular flexibility index (Phi) is 9.19. The van der Waals surface area contributed by atoms with Gasteiger partial charge in [-0.25, -0.2) is 4.79 Å². The molecular formula is C47H57ClF3NO6. The number of benzene rings is 1. The second-order valence-electron chi connectivity index (χ2n) is 20.3. The van der Waals surface area contributed by atoms with Gasteiger partial charge in [0, 0.05) is 33.9 Å². The number of aliphatic hydroxyl groups excluding tert-OH is 1. The molecule has 2 aromatic rings. The molecule has 1 aromatic heterocycles. The predicted molar refractivity (Wildman–Crippen MR) is 214 cm³/mol. The van der Waals surface area contributed by atoms with Gasteiger partial charge in [0.2, 0.25) is 5.78 Å². The number of amides is 1. The minimum atomic E-state index is -4.59. The van der Waals surface area contributed by atoms with Crippen LogP contribution >= 0.6 is 11.6 Å². The van der Waals surface area contributed by atoms with Crippen molar-refractivity contribution in [3.8, 4) is 11.3 Å². The fourth-order valence-corrected chi connectivity index (χ4v) is 14.6. The fraction of sp³-hybridized carbons (Fsp3) is 0.660. The van der Waals surface area contributed by atoms with Crippen molar-refractivity contribution in [1.82, 2.24) is 4.90 Å². The van der Waals surface area contributed by atoms with E-state index in [0.29, 0.717) is 56.1 Å². The van der Waals surface area contributed by atoms with Gasteiger partial charge in [-0.3, -0.25) is 4.79 Å². The van der Waals surface area contributed by atoms with Gasteiger partial charge in [-0.05, 0) is 142 Å². The molecule has 2 spiro atoms. The number of alkyl halides is 3. The average molecular weight is 824 g/mol. The zero-order valence-electron chi connectivity index (χ0n) is 34.3. The first-order valence-corrected chi connectivity index (χ1v) is 21.9. The lowest BCUT2D eigenvalue weighted by Crippen LogP contribution is -2.67. The molecule has 0 saturated heterocycles. The number of halogens is 4. The Hall–Kier alpha value is -3.08. The van der Waals surface area contributed by atoms with Crippen molar-refractivity contribution in [2.45, 2.75) is 117 Å². The maximum absolute atomic E-state index is 15.2. The Morgan fingerprint density at radius 3 is 2.40 bits per heavy atom. The maximum Gasteiger partial charge on any atom is 0.416 e. The smallest absolute Gasteiger partial charge is 0.416 e. The van der Waals surface area contributed by atoms with E-state index in [1.807, 2.05) is 6.92 Å². The maximum atomic E-state index is 15.2. The molecule has 2 N–H and O–H groups in total. The highest BCUT2D eigenvalue weighted by Crippen LogP contribution is 2.78. The highest BCUT2D eigenvalue weighted by atomic mass is 35.5. The number of fused-ring (bicyclic) bond motifs is 3. The molecule has 6 saturated carbocycles. The third kappa shape index (κ3) is 5.51. The van der Waals surface area contributed by atoms with E-state index in [4.69, 9.17) is 20.8 Å². The van der Waals surface area contributed by atoms with E-state index in [1.165, 1.54) is 24.6 Å². The van der Waals surface area contributed by atoms with E-state index < -0.39 is 45.8 Å². The summed E-state index contributed by atoms with van der Waals surface area (Å²) in [6.45, 7) is 11.9. The molecule has 314 valence electrons. The van der Waals surface area contributed by atoms with Gasteiger partial charge in [0.1, 0.15) is 5.76 Å². The minimum Gasteiger partial charge on any atom is -0.453 e. The standard InChI is InChI=1S/C47H57ClF3NO6/c1-6-57-40(55)52(25-27-7-8-28-22-32(27)41(28,2)3)26-45(56)18-15-38-43(45,5)17-14-37-42(4)16-13-30(53)23-44(42)19-20-46(37,38)33(24-44)39(54)36-12-11-35(58-36)31-21-29(47(49,50)51)9-10-34(31)48/h9-12,19-21,24,27-28,30,32,37-38,53,56H,6-8,13-18,22-23,25-26H2,1-5H3/t27-,28-,30?,32-,37+,38+,42+,43-,44-,45+,46+/m0/s1. The zero-order chi connectivity index (χ0) is 41.4. The van der Waals surface area contributed by atoms with Crippen molar-refractivity contribution >= 4 is 23.5 Å². The summed E-state index contributed by atoms with van der Waals surface area (Å²) in [5, 5.41) is 24.3. The molecule has 7 nitrogen and oxygen atoms in total. The number of Topliss-reactive ketones (excluding diaryl/α,β-unsaturated/α-hetero) is 1. The monoisotopic (exact) mass is 823 g/mol. The van der Waals surface area contributed by atoms with E-state index >= 15 is 4.79 Å². The van der Waals surface area contributed by atoms with Crippen molar-refractivity contribution in [3.63, 3.8) is 0 Å². The van der Waals surface area contributed by atoms with Crippen molar-refractivity contribution in [2.75, 3.05) is 19.7 Å². The Morgan fingerprint density at radius 1 is 0.966 bits per heavy atom. The molecule has 58 heavy (non-hydrogen) atoms. The van der Waals surface area contributed by atoms with Crippen LogP contribution in [-0.2, 0) is 10.9 Å². The molecule has 9 aliphatic carbocycles. The minimum absolute atomic E-state index is 0.000857. The zero-order valence-corrected chi connectivity index (χ0v) is 35.0. The number of carbonyl (C=O) groups excluding carboxylic acids is 2. The van der Waals surface area contributed by atoms with Crippen LogP contribution in [0.3, 0.4) is 0 Å². The number of hydrogen-bond donors (Lipinski definition) is 2. The number of aliphatic hydroxyl groups is 2. The van der Waals surface area contributed by atoms with Crippen LogP contribution in [0.2, 0.25) is 5.02 Å². The Morgan fingerprint density at radius 2 is 1.69 bits per heavy atom. The third-order valence-electron chi connectivity index (χ3n) is 17.8. The van der Waals surface area contributed by atoms with Crippen LogP contribution in [0.5, 0.6) is 0 Å². The molecular weight excluding hydrogens is 767 g/mol. The summed E-state index contributed by atoms with van der Waals surface area (Å²) in [4.78, 5) is 30.7. The molecule has 11 atom stereocenters. The topological polar surface area (TPSA) is 100 Å². The summed E-state index contributed by atoms with van der Waals surface area (Å²) in [5.41, 5.74) is -3.62. The van der Waals surface area contributed by atoms with Crippen molar-refractivity contribution in [3.05, 3.63) is 70.5 Å². The molecule has 6 fully saturated rings. The molecule has 9 aliphatic rings. The molecule has 11 rings (SSSR count). The molecule has 0 aliphatic heterocycles. The second-order valence-corrected chi connectivity index (χ2v) is 20.7. The van der Waals surface area contributed by atoms with E-state index in [2.05, 4.69) is 45.9 Å². The molecule has 1 aromatic carbocycles. The fourth-order valence-electron chi connectivity index (χ4n) is 14.4. The lowest BCUT2D eigenvalue weighted by atomic mass is 9.32. The first-order valence-electron chi connectivity index (χ1n) is 21.5. The molecule has 1 amide bonds. The molecule has 0 radical (unpaired) electrons. The largest absolute Gasteiger partial charge is 0.453 e. The van der Waals surface area contributed by atoms with E-state index in [9.17, 15) is 28.2 Å². The SMILES string of the molecule is CCOC(=O)N(C[C@@H]1CC[C@H]2C[C@@H]1C2(C)C)C[C@]1(O)CC[C@H]2[C@]34C=C[C@@]5(C=C3C(=O)c3ccc(-c6cc(C(F)(F)F)ccc6Cl)o3)CC(O)CC[C@]5(C)[C@H]4CC[C@@]21C. The van der Waals surface area contributed by atoms with Crippen LogP contribution in [0.1, 0.15) is 115 Å². The van der Waals surface area contributed by atoms with Crippen LogP contribution in [0.4, 0.5) is 18.0 Å². The van der Waals surface area contributed by atoms with Gasteiger partial charge >= 0.3 is 12.3 Å². The normalized spacial score (nSPS) is 40.5. The third-order valence-corrected chi connectivity index (χ3v) is 18.1. The van der Waals surface area contributed by atoms with Crippen molar-refractivity contribution in [1.29, 1.82) is 0 Å². The average Bonchev–Trinajstić information content (AvgIpc) is 3.76. The van der Waals surface area contributed by atoms with Gasteiger partial charge in [-0.2, -0.15) is 13.2 Å². The van der Waals surface area contributed by atoms with Gasteiger partial charge in [-0.1, -0.05) is 57.5 Å². The summed E-state index contributed by atoms with van der Waals surface area (Å²) >= 11 is 6.40. The summed E-state index contributed by atoms with van der Waals surface area (Å²) in [5.74, 6) is 1.13. The van der Waals surface area contributed by atoms with Crippen LogP contribution in [0, 0.1) is 56.7 Å². The second kappa shape index (κ2) is 13.2. The summed E-state index contributed by atoms with van der Waals surface area (Å²) in [6.07, 6.45) is 8.84. The van der Waals surface area contributed by atoms with Crippen LogP contribution in [-0.4, -0.2) is 58.4 Å². The van der Waals surface area contributed by atoms with Crippen molar-refractivity contribution < 1.29 is 42.1 Å². The first kappa shape index (κ1) is 40.3. The Balaban J connectivity index is 1.09. The highest BCUT2D eigenvalue weighted by molar-refractivity contribution is 6.33. The quantitative estimate of drug-likeness (QED) is 0.203. The Bertz CT molecular complexity index is 2090. The highest BCUT2D eigenvalue weighted by Gasteiger charge is 2.75. The van der Waals surface area contributed by atoms with Gasteiger partial charge in [0.05, 0.1) is 35.4 Å². The number of ketones is 1. The van der Waals surface area contributed by atoms with Crippen LogP contribution in [0.15, 0.2) is 58.6 Å². The van der Waals surface area contributed by atoms with Gasteiger partial charge in [0.15, 0.2) is 5.76 Å². The number of carbonyl (C=O) groups is 2.